The summed E-state index contributed by atoms with van der Waals surface area (Å²) in [5, 5.41) is 0. The van der Waals surface area contributed by atoms with Crippen molar-refractivity contribution in [2.75, 3.05) is 0 Å². The van der Waals surface area contributed by atoms with Gasteiger partial charge in [-0.05, 0) is 6.92 Å². The fourth-order valence-electron chi connectivity index (χ4n) is 0.767. The lowest BCUT2D eigenvalue weighted by molar-refractivity contribution is 0.339. The van der Waals surface area contributed by atoms with Crippen LogP contribution in [0.15, 0.2) is 11.8 Å². The largest absolute Gasteiger partial charge is 0.425 e. The van der Waals surface area contributed by atoms with Gasteiger partial charge in [-0.1, -0.05) is 11.8 Å². The van der Waals surface area contributed by atoms with Crippen molar-refractivity contribution in [2.45, 2.75) is 6.92 Å². The van der Waals surface area contributed by atoms with Crippen molar-refractivity contribution in [3.8, 4) is 0 Å². The molecular weight excluding hydrogens is 256 g/mol. The van der Waals surface area contributed by atoms with E-state index in [1.54, 1.807) is 0 Å². The smallest absolute Gasteiger partial charge is 0.329 e. The first-order chi connectivity index (χ1) is 6.43. The van der Waals surface area contributed by atoms with Crippen molar-refractivity contribution in [3.05, 3.63) is 11.8 Å². The first-order valence-electron chi connectivity index (χ1n) is 4.02. The fraction of sp³-hybridized carbons (Fsp3) is 0.333. The number of hydrogen-bond donors (Lipinski definition) is 0. The van der Waals surface area contributed by atoms with Crippen LogP contribution in [0.5, 0.6) is 0 Å². The highest BCUT2D eigenvalue weighted by atomic mass is 28.4. The molecule has 0 amide bonds. The second kappa shape index (κ2) is 7.98. The van der Waals surface area contributed by atoms with Gasteiger partial charge in [0.25, 0.3) is 40.0 Å². The van der Waals surface area contributed by atoms with Crippen LogP contribution >= 0.6 is 0 Å². The fourth-order valence-corrected chi connectivity index (χ4v) is 10.7. The van der Waals surface area contributed by atoms with Crippen molar-refractivity contribution < 1.29 is 20.6 Å². The first kappa shape index (κ1) is 11.7. The van der Waals surface area contributed by atoms with E-state index in [4.69, 9.17) is 20.6 Å². The predicted molar refractivity (Wildman–Crippen MR) is 61.6 cm³/mol. The summed E-state index contributed by atoms with van der Waals surface area (Å²) in [6, 6.07) is 0. The molecule has 0 saturated carbocycles. The Labute approximate surface area is 88.8 Å². The highest BCUT2D eigenvalue weighted by Gasteiger charge is 2.10. The molecule has 0 atom stereocenters. The summed E-state index contributed by atoms with van der Waals surface area (Å²) >= 11 is 0. The lowest BCUT2D eigenvalue weighted by atomic mass is 10.8. The summed E-state index contributed by atoms with van der Waals surface area (Å²) in [5.74, 6) is 0. The maximum absolute atomic E-state index is 5.53. The van der Waals surface area contributed by atoms with Crippen LogP contribution in [0, 0.1) is 0 Å². The van der Waals surface area contributed by atoms with Crippen LogP contribution in [0.3, 0.4) is 0 Å². The van der Waals surface area contributed by atoms with Crippen molar-refractivity contribution in [1.29, 1.82) is 0 Å². The molecule has 0 bridgehead atoms. The first-order valence-corrected chi connectivity index (χ1v) is 10.3. The molecule has 1 aliphatic rings. The Morgan fingerprint density at radius 1 is 0.923 bits per heavy atom. The molecule has 0 aromatic heterocycles. The summed E-state index contributed by atoms with van der Waals surface area (Å²) in [4.78, 5) is 0. The van der Waals surface area contributed by atoms with Crippen molar-refractivity contribution in [3.63, 3.8) is 0 Å². The van der Waals surface area contributed by atoms with Gasteiger partial charge in [0.15, 0.2) is 0 Å². The van der Waals surface area contributed by atoms with Crippen LogP contribution in [0.1, 0.15) is 6.92 Å². The molecule has 0 unspecified atom stereocenters. The van der Waals surface area contributed by atoms with Gasteiger partial charge in [-0.15, -0.1) is 0 Å². The molecule has 0 radical (unpaired) electrons. The van der Waals surface area contributed by atoms with Crippen molar-refractivity contribution in [1.82, 2.24) is 0 Å². The van der Waals surface area contributed by atoms with Gasteiger partial charge in [0.1, 0.15) is 0 Å². The Hall–Kier alpha value is 0.624. The molecule has 0 N–H and O–H groups in total. The Morgan fingerprint density at radius 3 is 2.00 bits per heavy atom. The normalized spacial score (nSPS) is 35.0. The average molecular weight is 271 g/mol. The molecule has 10 heteroatoms. The zero-order valence-electron chi connectivity index (χ0n) is 7.60. The van der Waals surface area contributed by atoms with Gasteiger partial charge in [-0.2, -0.15) is 0 Å². The molecule has 1 rings (SSSR count). The van der Waals surface area contributed by atoms with E-state index in [1.807, 2.05) is 18.7 Å². The molecule has 1 heterocycles. The second-order valence-corrected chi connectivity index (χ2v) is 11.9. The lowest BCUT2D eigenvalue weighted by Crippen LogP contribution is -2.30. The zero-order chi connectivity index (χ0) is 9.36. The minimum atomic E-state index is -1.57. The molecule has 1 fully saturated rings. The molecule has 0 spiro atoms. The second-order valence-electron chi connectivity index (χ2n) is 2.31. The van der Waals surface area contributed by atoms with Crippen molar-refractivity contribution in [2.24, 2.45) is 0 Å². The average Bonchev–Trinajstić information content (AvgIpc) is 2.16. The third-order valence-corrected chi connectivity index (χ3v) is 9.73. The molecule has 5 nitrogen and oxygen atoms in total. The molecule has 0 aromatic carbocycles. The van der Waals surface area contributed by atoms with Crippen LogP contribution in [0.25, 0.3) is 0 Å². The summed E-state index contributed by atoms with van der Waals surface area (Å²) < 4.78 is 26.9. The third kappa shape index (κ3) is 5.84. The number of allylic oxidation sites excluding steroid dienone is 1. The van der Waals surface area contributed by atoms with Crippen LogP contribution in [-0.4, -0.2) is 49.3 Å². The minimum Gasteiger partial charge on any atom is -0.425 e. The van der Waals surface area contributed by atoms with Crippen LogP contribution in [-0.2, 0) is 20.6 Å². The summed E-state index contributed by atoms with van der Waals surface area (Å²) in [6.07, 6.45) is 1.97. The van der Waals surface area contributed by atoms with Gasteiger partial charge in [-0.3, -0.25) is 0 Å². The monoisotopic (exact) mass is 270 g/mol. The van der Waals surface area contributed by atoms with Crippen LogP contribution in [0.2, 0.25) is 0 Å². The predicted octanol–water partition coefficient (Wildman–Crippen LogP) is -3.59. The van der Waals surface area contributed by atoms with Gasteiger partial charge >= 0.3 is 9.28 Å². The lowest BCUT2D eigenvalue weighted by Gasteiger charge is -2.16. The molecule has 0 aliphatic carbocycles. The molecule has 1 aliphatic heterocycles. The van der Waals surface area contributed by atoms with E-state index in [1.165, 1.54) is 0 Å². The summed E-state index contributed by atoms with van der Waals surface area (Å²) in [5.41, 5.74) is 2.01. The third-order valence-electron chi connectivity index (χ3n) is 1.31. The van der Waals surface area contributed by atoms with Gasteiger partial charge in [0, 0.05) is 0 Å². The number of rotatable bonds is 1. The van der Waals surface area contributed by atoms with E-state index in [9.17, 15) is 0 Å². The standard InChI is InChI=1S/C3H14O5Si5/c1-2-3-13-7-11-5-9-4-10-6-12-8-13/h2-3,13H,9-12H2,1H3. The van der Waals surface area contributed by atoms with E-state index in [0.29, 0.717) is 0 Å². The van der Waals surface area contributed by atoms with Gasteiger partial charge in [0.2, 0.25) is 0 Å². The molecular formula is C3H14O5Si5. The maximum atomic E-state index is 5.53. The molecule has 0 aromatic rings. The van der Waals surface area contributed by atoms with Crippen molar-refractivity contribution >= 4 is 49.3 Å². The Bertz CT molecular complexity index is 145. The summed E-state index contributed by atoms with van der Waals surface area (Å²) in [7, 11) is -4.82. The highest BCUT2D eigenvalue weighted by Crippen LogP contribution is 1.92. The van der Waals surface area contributed by atoms with E-state index >= 15 is 0 Å². The topological polar surface area (TPSA) is 46.2 Å². The molecule has 76 valence electrons. The summed E-state index contributed by atoms with van der Waals surface area (Å²) in [6.45, 7) is 1.97. The maximum Gasteiger partial charge on any atom is 0.329 e. The molecule has 1 saturated heterocycles. The Morgan fingerprint density at radius 2 is 1.46 bits per heavy atom. The van der Waals surface area contributed by atoms with E-state index in [0.717, 1.165) is 0 Å². The van der Waals surface area contributed by atoms with Gasteiger partial charge < -0.3 is 20.6 Å². The Balaban J connectivity index is 2.26. The minimum absolute atomic E-state index is 0.784. The van der Waals surface area contributed by atoms with E-state index in [2.05, 4.69) is 0 Å². The zero-order valence-corrected chi connectivity index (χ0v) is 14.4. The van der Waals surface area contributed by atoms with Crippen LogP contribution < -0.4 is 0 Å². The highest BCUT2D eigenvalue weighted by molar-refractivity contribution is 6.62. The van der Waals surface area contributed by atoms with Gasteiger partial charge in [-0.25, -0.2) is 0 Å². The van der Waals surface area contributed by atoms with Crippen LogP contribution in [0.4, 0.5) is 0 Å². The quantitative estimate of drug-likeness (QED) is 0.461. The Kier molecular flexibility index (Phi) is 7.18. The van der Waals surface area contributed by atoms with E-state index < -0.39 is 49.3 Å². The van der Waals surface area contributed by atoms with Gasteiger partial charge in [0.05, 0.1) is 0 Å². The van der Waals surface area contributed by atoms with E-state index in [-0.39, 0.29) is 0 Å². The SMILES string of the molecule is CC=C[SiH]1O[SiH2]O[SiH2]O[SiH2]O[SiH2]O1. The molecule has 13 heavy (non-hydrogen) atoms. The number of hydrogen-bond acceptors (Lipinski definition) is 5.